The smallest absolute Gasteiger partial charge is 0.160 e. The molecule has 0 fully saturated rings. The molecule has 1 N–H and O–H groups in total. The number of rotatable bonds is 5. The SMILES string of the molecule is CC(=O)c1ccccc1Pc1cccc(Cc2ccccc2)c1O. The van der Waals surface area contributed by atoms with E-state index in [2.05, 4.69) is 12.1 Å². The maximum Gasteiger partial charge on any atom is 0.160 e. The van der Waals surface area contributed by atoms with Gasteiger partial charge in [0.15, 0.2) is 5.78 Å². The molecule has 1 unspecified atom stereocenters. The van der Waals surface area contributed by atoms with Crippen molar-refractivity contribution >= 4 is 25.0 Å². The monoisotopic (exact) mass is 334 g/mol. The summed E-state index contributed by atoms with van der Waals surface area (Å²) in [6.45, 7) is 1.58. The molecule has 0 spiro atoms. The van der Waals surface area contributed by atoms with Crippen LogP contribution in [-0.4, -0.2) is 10.9 Å². The summed E-state index contributed by atoms with van der Waals surface area (Å²) in [5, 5.41) is 12.5. The Labute approximate surface area is 144 Å². The Hall–Kier alpha value is -2.44. The van der Waals surface area contributed by atoms with Crippen molar-refractivity contribution in [2.45, 2.75) is 13.3 Å². The lowest BCUT2D eigenvalue weighted by atomic mass is 10.0. The highest BCUT2D eigenvalue weighted by molar-refractivity contribution is 7.56. The van der Waals surface area contributed by atoms with Crippen molar-refractivity contribution in [2.75, 3.05) is 0 Å². The fourth-order valence-electron chi connectivity index (χ4n) is 2.69. The van der Waals surface area contributed by atoms with Crippen LogP contribution in [0.15, 0.2) is 72.8 Å². The highest BCUT2D eigenvalue weighted by Gasteiger charge is 2.12. The molecular weight excluding hydrogens is 315 g/mol. The largest absolute Gasteiger partial charge is 0.507 e. The summed E-state index contributed by atoms with van der Waals surface area (Å²) in [4.78, 5) is 11.8. The minimum absolute atomic E-state index is 0.0537. The average Bonchev–Trinajstić information content (AvgIpc) is 2.60. The van der Waals surface area contributed by atoms with Gasteiger partial charge in [-0.15, -0.1) is 0 Å². The van der Waals surface area contributed by atoms with E-state index < -0.39 is 0 Å². The van der Waals surface area contributed by atoms with Crippen molar-refractivity contribution in [3.05, 3.63) is 89.5 Å². The van der Waals surface area contributed by atoms with Gasteiger partial charge in [-0.3, -0.25) is 4.79 Å². The highest BCUT2D eigenvalue weighted by Crippen LogP contribution is 2.25. The normalized spacial score (nSPS) is 11.0. The molecule has 1 atom stereocenters. The molecule has 0 aromatic heterocycles. The third-order valence-electron chi connectivity index (χ3n) is 3.93. The van der Waals surface area contributed by atoms with Crippen molar-refractivity contribution in [3.63, 3.8) is 0 Å². The average molecular weight is 334 g/mol. The van der Waals surface area contributed by atoms with Crippen molar-refractivity contribution in [1.82, 2.24) is 0 Å². The number of phenolic OH excluding ortho intramolecular Hbond substituents is 1. The molecule has 0 aliphatic carbocycles. The second-order valence-corrected chi connectivity index (χ2v) is 7.03. The predicted octanol–water partition coefficient (Wildman–Crippen LogP) is 3.81. The molecule has 0 radical (unpaired) electrons. The van der Waals surface area contributed by atoms with Gasteiger partial charge in [0.25, 0.3) is 0 Å². The van der Waals surface area contributed by atoms with Gasteiger partial charge in [0.2, 0.25) is 0 Å². The Balaban J connectivity index is 1.90. The summed E-state index contributed by atoms with van der Waals surface area (Å²) in [7, 11) is 0.253. The first-order valence-electron chi connectivity index (χ1n) is 7.87. The fraction of sp³-hybridized carbons (Fsp3) is 0.0952. The van der Waals surface area contributed by atoms with Crippen molar-refractivity contribution in [1.29, 1.82) is 0 Å². The van der Waals surface area contributed by atoms with Crippen LogP contribution in [0.1, 0.15) is 28.4 Å². The van der Waals surface area contributed by atoms with Gasteiger partial charge in [-0.2, -0.15) is 0 Å². The van der Waals surface area contributed by atoms with E-state index in [0.717, 1.165) is 27.3 Å². The Bertz CT molecular complexity index is 857. The van der Waals surface area contributed by atoms with Crippen molar-refractivity contribution in [3.8, 4) is 5.75 Å². The van der Waals surface area contributed by atoms with E-state index in [1.807, 2.05) is 60.7 Å². The molecule has 0 bridgehead atoms. The molecule has 3 aromatic rings. The van der Waals surface area contributed by atoms with Gasteiger partial charge in [-0.1, -0.05) is 81.4 Å². The van der Waals surface area contributed by atoms with E-state index in [9.17, 15) is 9.90 Å². The third kappa shape index (κ3) is 3.72. The predicted molar refractivity (Wildman–Crippen MR) is 101 cm³/mol. The summed E-state index contributed by atoms with van der Waals surface area (Å²) in [6.07, 6.45) is 0.694. The number of aromatic hydroxyl groups is 1. The molecule has 0 aliphatic rings. The number of hydrogen-bond donors (Lipinski definition) is 1. The molecular formula is C21H19O2P. The van der Waals surface area contributed by atoms with Crippen LogP contribution in [0.5, 0.6) is 5.75 Å². The van der Waals surface area contributed by atoms with Gasteiger partial charge in [-0.05, 0) is 23.4 Å². The number of hydrogen-bond acceptors (Lipinski definition) is 2. The maximum absolute atomic E-state index is 11.8. The van der Waals surface area contributed by atoms with Crippen LogP contribution in [-0.2, 0) is 6.42 Å². The van der Waals surface area contributed by atoms with Crippen LogP contribution in [0.4, 0.5) is 0 Å². The molecule has 0 aliphatic heterocycles. The lowest BCUT2D eigenvalue weighted by molar-refractivity contribution is 0.101. The van der Waals surface area contributed by atoms with Gasteiger partial charge in [0, 0.05) is 17.3 Å². The fourth-order valence-corrected chi connectivity index (χ4v) is 4.02. The van der Waals surface area contributed by atoms with E-state index in [1.54, 1.807) is 6.92 Å². The van der Waals surface area contributed by atoms with Crippen LogP contribution < -0.4 is 10.6 Å². The molecule has 0 saturated carbocycles. The molecule has 120 valence electrons. The van der Waals surface area contributed by atoms with Crippen LogP contribution >= 0.6 is 8.58 Å². The molecule has 0 heterocycles. The van der Waals surface area contributed by atoms with Crippen LogP contribution in [0.3, 0.4) is 0 Å². The number of Topliss-reactive ketones (excluding diaryl/α,β-unsaturated/α-hetero) is 1. The van der Waals surface area contributed by atoms with Crippen LogP contribution in [0, 0.1) is 0 Å². The molecule has 2 nitrogen and oxygen atoms in total. The summed E-state index contributed by atoms with van der Waals surface area (Å²) in [6, 6.07) is 23.5. The van der Waals surface area contributed by atoms with E-state index in [-0.39, 0.29) is 14.4 Å². The zero-order chi connectivity index (χ0) is 16.9. The van der Waals surface area contributed by atoms with E-state index in [4.69, 9.17) is 0 Å². The summed E-state index contributed by atoms with van der Waals surface area (Å²) in [5.41, 5.74) is 2.80. The Morgan fingerprint density at radius 3 is 2.29 bits per heavy atom. The van der Waals surface area contributed by atoms with Crippen molar-refractivity contribution in [2.24, 2.45) is 0 Å². The number of para-hydroxylation sites is 1. The topological polar surface area (TPSA) is 37.3 Å². The number of carbonyl (C=O) groups excluding carboxylic acids is 1. The van der Waals surface area contributed by atoms with Crippen LogP contribution in [0.25, 0.3) is 0 Å². The lowest BCUT2D eigenvalue weighted by Crippen LogP contribution is -2.12. The van der Waals surface area contributed by atoms with E-state index >= 15 is 0 Å². The summed E-state index contributed by atoms with van der Waals surface area (Å²) < 4.78 is 0. The number of phenols is 1. The number of carbonyl (C=O) groups is 1. The summed E-state index contributed by atoms with van der Waals surface area (Å²) in [5.74, 6) is 0.385. The second kappa shape index (κ2) is 7.42. The van der Waals surface area contributed by atoms with Gasteiger partial charge >= 0.3 is 0 Å². The van der Waals surface area contributed by atoms with E-state index in [1.165, 1.54) is 0 Å². The van der Waals surface area contributed by atoms with Gasteiger partial charge in [-0.25, -0.2) is 0 Å². The first-order chi connectivity index (χ1) is 11.6. The van der Waals surface area contributed by atoms with Crippen molar-refractivity contribution < 1.29 is 9.90 Å². The van der Waals surface area contributed by atoms with Crippen LogP contribution in [0.2, 0.25) is 0 Å². The lowest BCUT2D eigenvalue weighted by Gasteiger charge is -2.12. The Morgan fingerprint density at radius 1 is 0.875 bits per heavy atom. The third-order valence-corrected chi connectivity index (χ3v) is 5.31. The maximum atomic E-state index is 11.8. The standard InChI is InChI=1S/C21H19O2P/c1-15(22)18-11-5-6-12-19(18)24-20-13-7-10-17(21(20)23)14-16-8-3-2-4-9-16/h2-13,23-24H,14H2,1H3. The summed E-state index contributed by atoms with van der Waals surface area (Å²) >= 11 is 0. The molecule has 3 aromatic carbocycles. The molecule has 0 amide bonds. The zero-order valence-corrected chi connectivity index (χ0v) is 14.5. The first kappa shape index (κ1) is 16.4. The molecule has 0 saturated heterocycles. The zero-order valence-electron chi connectivity index (χ0n) is 13.5. The minimum atomic E-state index is 0.0537. The number of ketones is 1. The van der Waals surface area contributed by atoms with E-state index in [0.29, 0.717) is 12.2 Å². The van der Waals surface area contributed by atoms with Gasteiger partial charge < -0.3 is 5.11 Å². The minimum Gasteiger partial charge on any atom is -0.507 e. The molecule has 24 heavy (non-hydrogen) atoms. The van der Waals surface area contributed by atoms with Gasteiger partial charge in [0.05, 0.1) is 0 Å². The first-order valence-corrected chi connectivity index (χ1v) is 8.87. The van der Waals surface area contributed by atoms with Gasteiger partial charge in [0.1, 0.15) is 5.75 Å². The molecule has 3 rings (SSSR count). The second-order valence-electron chi connectivity index (χ2n) is 5.70. The molecule has 3 heteroatoms. The number of benzene rings is 3. The Morgan fingerprint density at radius 2 is 1.54 bits per heavy atom. The Kier molecular flexibility index (Phi) is 5.08. The quantitative estimate of drug-likeness (QED) is 0.569. The highest BCUT2D eigenvalue weighted by atomic mass is 31.1.